The van der Waals surface area contributed by atoms with Crippen LogP contribution in [0.5, 0.6) is 0 Å². The van der Waals surface area contributed by atoms with Crippen LogP contribution in [0, 0.1) is 6.92 Å². The topological polar surface area (TPSA) is 125 Å². The van der Waals surface area contributed by atoms with Crippen molar-refractivity contribution in [2.75, 3.05) is 17.6 Å². The third kappa shape index (κ3) is 4.86. The summed E-state index contributed by atoms with van der Waals surface area (Å²) < 4.78 is 0. The van der Waals surface area contributed by atoms with E-state index >= 15 is 0 Å². The van der Waals surface area contributed by atoms with Gasteiger partial charge in [-0.1, -0.05) is 0 Å². The Morgan fingerprint density at radius 2 is 2.00 bits per heavy atom. The van der Waals surface area contributed by atoms with Crippen LogP contribution in [0.15, 0.2) is 29.6 Å². The minimum atomic E-state index is -0.287. The first kappa shape index (κ1) is 17.1. The van der Waals surface area contributed by atoms with Crippen LogP contribution in [0.2, 0.25) is 0 Å². The Labute approximate surface area is 148 Å². The van der Waals surface area contributed by atoms with Gasteiger partial charge in [0, 0.05) is 36.1 Å². The van der Waals surface area contributed by atoms with E-state index in [1.807, 2.05) is 6.92 Å². The number of nitrogens with one attached hydrogen (secondary N) is 3. The molecule has 0 aliphatic carbocycles. The van der Waals surface area contributed by atoms with E-state index in [2.05, 4.69) is 40.4 Å². The molecule has 3 rings (SSSR count). The molecule has 0 atom stereocenters. The molecule has 3 aromatic rings. The van der Waals surface area contributed by atoms with Gasteiger partial charge in [-0.25, -0.2) is 15.0 Å². The van der Waals surface area contributed by atoms with Gasteiger partial charge in [-0.3, -0.25) is 9.78 Å². The number of aromatic nitrogens is 7. The molecule has 3 aromatic heterocycles. The molecule has 0 aliphatic heterocycles. The van der Waals surface area contributed by atoms with E-state index in [1.54, 1.807) is 36.5 Å². The molecule has 0 aromatic carbocycles. The molecule has 0 bridgehead atoms. The lowest BCUT2D eigenvalue weighted by Crippen LogP contribution is -2.21. The van der Waals surface area contributed by atoms with Gasteiger partial charge in [0.1, 0.15) is 11.5 Å². The van der Waals surface area contributed by atoms with Gasteiger partial charge >= 0.3 is 0 Å². The zero-order chi connectivity index (χ0) is 17.5. The number of imidazole rings is 1. The van der Waals surface area contributed by atoms with Crippen molar-refractivity contribution >= 4 is 17.7 Å². The third-order valence-corrected chi connectivity index (χ3v) is 4.39. The van der Waals surface area contributed by atoms with Crippen LogP contribution < -0.4 is 10.9 Å². The minimum Gasteiger partial charge on any atom is -0.354 e. The molecule has 0 saturated heterocycles. The first-order valence-corrected chi connectivity index (χ1v) is 8.90. The van der Waals surface area contributed by atoms with Gasteiger partial charge in [-0.15, -0.1) is 10.2 Å². The van der Waals surface area contributed by atoms with Crippen molar-refractivity contribution in [3.63, 3.8) is 0 Å². The highest BCUT2D eigenvalue weighted by molar-refractivity contribution is 7.98. The second kappa shape index (κ2) is 8.38. The Bertz CT molecular complexity index is 863. The number of hydrogen-bond acceptors (Lipinski definition) is 8. The third-order valence-electron chi connectivity index (χ3n) is 3.42. The van der Waals surface area contributed by atoms with Gasteiger partial charge in [-0.05, 0) is 13.0 Å². The monoisotopic (exact) mass is 358 g/mol. The van der Waals surface area contributed by atoms with Crippen molar-refractivity contribution in [3.05, 3.63) is 58.0 Å². The van der Waals surface area contributed by atoms with E-state index in [4.69, 9.17) is 0 Å². The Hall–Kier alpha value is -2.75. The SMILES string of the molecule is Cc1[nH]cnc1CSCCNc1nnc(Cc2ncccn2)c(=O)[nH]1. The van der Waals surface area contributed by atoms with E-state index in [0.717, 1.165) is 22.9 Å². The van der Waals surface area contributed by atoms with E-state index < -0.39 is 0 Å². The predicted molar refractivity (Wildman–Crippen MR) is 95.5 cm³/mol. The molecule has 0 aliphatic rings. The fourth-order valence-electron chi connectivity index (χ4n) is 2.07. The number of rotatable bonds is 8. The van der Waals surface area contributed by atoms with Crippen LogP contribution in [0.3, 0.4) is 0 Å². The Kier molecular flexibility index (Phi) is 5.73. The maximum absolute atomic E-state index is 12.1. The van der Waals surface area contributed by atoms with Crippen molar-refractivity contribution in [3.8, 4) is 0 Å². The summed E-state index contributed by atoms with van der Waals surface area (Å²) in [5.41, 5.74) is 2.16. The van der Waals surface area contributed by atoms with Crippen LogP contribution >= 0.6 is 11.8 Å². The highest BCUT2D eigenvalue weighted by atomic mass is 32.2. The van der Waals surface area contributed by atoms with Crippen molar-refractivity contribution in [1.82, 2.24) is 35.1 Å². The van der Waals surface area contributed by atoms with Crippen molar-refractivity contribution in [2.24, 2.45) is 0 Å². The minimum absolute atomic E-state index is 0.252. The molecule has 3 heterocycles. The van der Waals surface area contributed by atoms with E-state index in [1.165, 1.54) is 0 Å². The number of hydrogen-bond donors (Lipinski definition) is 3. The van der Waals surface area contributed by atoms with Gasteiger partial charge < -0.3 is 10.3 Å². The maximum atomic E-state index is 12.1. The summed E-state index contributed by atoms with van der Waals surface area (Å²) in [7, 11) is 0. The lowest BCUT2D eigenvalue weighted by Gasteiger charge is -2.05. The summed E-state index contributed by atoms with van der Waals surface area (Å²) in [6, 6.07) is 1.72. The highest BCUT2D eigenvalue weighted by Crippen LogP contribution is 2.12. The molecule has 25 heavy (non-hydrogen) atoms. The molecule has 0 spiro atoms. The van der Waals surface area contributed by atoms with Gasteiger partial charge in [0.15, 0.2) is 0 Å². The quantitative estimate of drug-likeness (QED) is 0.508. The summed E-state index contributed by atoms with van der Waals surface area (Å²) in [6.45, 7) is 2.67. The van der Waals surface area contributed by atoms with Crippen molar-refractivity contribution in [1.29, 1.82) is 0 Å². The van der Waals surface area contributed by atoms with Crippen LogP contribution in [-0.2, 0) is 12.2 Å². The smallest absolute Gasteiger partial charge is 0.274 e. The normalized spacial score (nSPS) is 10.8. The predicted octanol–water partition coefficient (Wildman–Crippen LogP) is 0.923. The van der Waals surface area contributed by atoms with E-state index in [0.29, 0.717) is 24.0 Å². The highest BCUT2D eigenvalue weighted by Gasteiger charge is 2.07. The van der Waals surface area contributed by atoms with Crippen molar-refractivity contribution in [2.45, 2.75) is 19.1 Å². The van der Waals surface area contributed by atoms with Crippen LogP contribution in [0.25, 0.3) is 0 Å². The second-order valence-electron chi connectivity index (χ2n) is 5.24. The van der Waals surface area contributed by atoms with Gasteiger partial charge in [0.05, 0.1) is 18.4 Å². The molecule has 0 unspecified atom stereocenters. The average Bonchev–Trinajstić information content (AvgIpc) is 3.03. The Morgan fingerprint density at radius 1 is 1.16 bits per heavy atom. The second-order valence-corrected chi connectivity index (χ2v) is 6.35. The number of aromatic amines is 2. The standard InChI is InChI=1S/C15H18N8OS/c1-10-12(20-9-19-10)8-25-6-5-18-15-21-14(24)11(22-23-15)7-13-16-3-2-4-17-13/h2-4,9H,5-8H2,1H3,(H,19,20)(H2,18,21,23,24). The Morgan fingerprint density at radius 3 is 2.72 bits per heavy atom. The average molecular weight is 358 g/mol. The fraction of sp³-hybridized carbons (Fsp3) is 0.333. The maximum Gasteiger partial charge on any atom is 0.274 e. The number of thioether (sulfide) groups is 1. The fourth-order valence-corrected chi connectivity index (χ4v) is 2.94. The number of aryl methyl sites for hydroxylation is 1. The van der Waals surface area contributed by atoms with E-state index in [-0.39, 0.29) is 12.0 Å². The van der Waals surface area contributed by atoms with Gasteiger partial charge in [0.25, 0.3) is 5.56 Å². The molecular formula is C15H18N8OS. The van der Waals surface area contributed by atoms with Gasteiger partial charge in [-0.2, -0.15) is 11.8 Å². The molecule has 3 N–H and O–H groups in total. The molecular weight excluding hydrogens is 340 g/mol. The first-order valence-electron chi connectivity index (χ1n) is 7.74. The molecule has 10 heteroatoms. The zero-order valence-electron chi connectivity index (χ0n) is 13.7. The summed E-state index contributed by atoms with van der Waals surface area (Å²) in [5, 5.41) is 11.0. The van der Waals surface area contributed by atoms with Crippen LogP contribution in [0.1, 0.15) is 22.9 Å². The lowest BCUT2D eigenvalue weighted by molar-refractivity contribution is 0.834. The number of H-pyrrole nitrogens is 2. The van der Waals surface area contributed by atoms with Crippen LogP contribution in [0.4, 0.5) is 5.95 Å². The summed E-state index contributed by atoms with van der Waals surface area (Å²) in [5.74, 6) is 2.59. The first-order chi connectivity index (χ1) is 12.2. The number of anilines is 1. The van der Waals surface area contributed by atoms with Crippen LogP contribution in [-0.4, -0.2) is 47.4 Å². The largest absolute Gasteiger partial charge is 0.354 e. The Balaban J connectivity index is 1.46. The molecule has 0 radical (unpaired) electrons. The zero-order valence-corrected chi connectivity index (χ0v) is 14.5. The van der Waals surface area contributed by atoms with E-state index in [9.17, 15) is 4.79 Å². The number of nitrogens with zero attached hydrogens (tertiary/aromatic N) is 5. The summed E-state index contributed by atoms with van der Waals surface area (Å²) >= 11 is 1.75. The molecule has 0 fully saturated rings. The molecule has 0 saturated carbocycles. The molecule has 130 valence electrons. The van der Waals surface area contributed by atoms with Gasteiger partial charge in [0.2, 0.25) is 5.95 Å². The summed E-state index contributed by atoms with van der Waals surface area (Å²) in [4.78, 5) is 30.2. The molecule has 0 amide bonds. The molecule has 9 nitrogen and oxygen atoms in total. The summed E-state index contributed by atoms with van der Waals surface area (Å²) in [6.07, 6.45) is 5.21. The lowest BCUT2D eigenvalue weighted by atomic mass is 10.3. The van der Waals surface area contributed by atoms with Crippen molar-refractivity contribution < 1.29 is 0 Å².